The Bertz CT molecular complexity index is 445. The third kappa shape index (κ3) is 2.41. The highest BCUT2D eigenvalue weighted by Crippen LogP contribution is 2.17. The third-order valence-corrected chi connectivity index (χ3v) is 2.03. The monoisotopic (exact) mass is 204 g/mol. The molecule has 1 aromatic heterocycles. The van der Waals surface area contributed by atoms with E-state index in [-0.39, 0.29) is 0 Å². The Hall–Kier alpha value is -1.68. The molecule has 78 valence electrons. The van der Waals surface area contributed by atoms with E-state index < -0.39 is 0 Å². The first-order valence-corrected chi connectivity index (χ1v) is 4.71. The fraction of sp³-hybridized carbons (Fsp3) is 0.273. The summed E-state index contributed by atoms with van der Waals surface area (Å²) in [6.07, 6.45) is 3.30. The minimum Gasteiger partial charge on any atom is -0.491 e. The van der Waals surface area contributed by atoms with Crippen LogP contribution in [0.3, 0.4) is 0 Å². The van der Waals surface area contributed by atoms with Crippen LogP contribution in [0, 0.1) is 0 Å². The van der Waals surface area contributed by atoms with Crippen molar-refractivity contribution in [2.75, 3.05) is 20.3 Å². The molecule has 1 heterocycles. The van der Waals surface area contributed by atoms with Gasteiger partial charge in [0.15, 0.2) is 0 Å². The van der Waals surface area contributed by atoms with Crippen molar-refractivity contribution in [3.05, 3.63) is 30.7 Å². The Morgan fingerprint density at radius 2 is 2.20 bits per heavy atom. The summed E-state index contributed by atoms with van der Waals surface area (Å²) in [6, 6.07) is 5.73. The van der Waals surface area contributed by atoms with E-state index in [1.807, 2.05) is 18.2 Å². The Morgan fingerprint density at radius 1 is 1.27 bits per heavy atom. The molecule has 0 N–H and O–H groups in total. The highest BCUT2D eigenvalue weighted by atomic mass is 16.5. The molecule has 0 fully saturated rings. The van der Waals surface area contributed by atoms with Gasteiger partial charge in [0, 0.05) is 18.7 Å². The molecule has 0 saturated carbocycles. The fourth-order valence-electron chi connectivity index (χ4n) is 1.30. The Morgan fingerprint density at radius 3 is 3.07 bits per heavy atom. The molecule has 0 atom stereocenters. The first-order chi connectivity index (χ1) is 7.40. The van der Waals surface area contributed by atoms with Crippen molar-refractivity contribution in [1.29, 1.82) is 0 Å². The molecule has 4 nitrogen and oxygen atoms in total. The Kier molecular flexibility index (Phi) is 3.09. The predicted molar refractivity (Wildman–Crippen MR) is 56.9 cm³/mol. The standard InChI is InChI=1S/C11H12N2O2/c1-14-4-5-15-10-2-3-11-9(6-10)7-12-8-13-11/h2-3,6-8H,4-5H2,1H3. The van der Waals surface area contributed by atoms with Gasteiger partial charge in [-0.15, -0.1) is 0 Å². The van der Waals surface area contributed by atoms with Crippen LogP contribution < -0.4 is 4.74 Å². The van der Waals surface area contributed by atoms with Crippen molar-refractivity contribution < 1.29 is 9.47 Å². The molecule has 2 aromatic rings. The summed E-state index contributed by atoms with van der Waals surface area (Å²) in [7, 11) is 1.65. The normalized spacial score (nSPS) is 10.5. The molecule has 0 bridgehead atoms. The molecule has 0 unspecified atom stereocenters. The Labute approximate surface area is 87.9 Å². The zero-order valence-electron chi connectivity index (χ0n) is 8.51. The minimum atomic E-state index is 0.551. The van der Waals surface area contributed by atoms with Crippen LogP contribution in [0.15, 0.2) is 30.7 Å². The zero-order chi connectivity index (χ0) is 10.5. The highest BCUT2D eigenvalue weighted by Gasteiger charge is 1.97. The lowest BCUT2D eigenvalue weighted by Crippen LogP contribution is -2.04. The van der Waals surface area contributed by atoms with Gasteiger partial charge >= 0.3 is 0 Å². The fourth-order valence-corrected chi connectivity index (χ4v) is 1.30. The topological polar surface area (TPSA) is 44.2 Å². The third-order valence-electron chi connectivity index (χ3n) is 2.03. The van der Waals surface area contributed by atoms with Crippen LogP contribution in [0.5, 0.6) is 5.75 Å². The van der Waals surface area contributed by atoms with E-state index >= 15 is 0 Å². The number of benzene rings is 1. The maximum atomic E-state index is 5.47. The first kappa shape index (κ1) is 9.86. The van der Waals surface area contributed by atoms with Crippen LogP contribution in [0.25, 0.3) is 10.9 Å². The van der Waals surface area contributed by atoms with Crippen molar-refractivity contribution in [3.63, 3.8) is 0 Å². The lowest BCUT2D eigenvalue weighted by atomic mass is 10.2. The summed E-state index contributed by atoms with van der Waals surface area (Å²) in [6.45, 7) is 1.14. The SMILES string of the molecule is COCCOc1ccc2ncncc2c1. The molecule has 0 spiro atoms. The molecule has 15 heavy (non-hydrogen) atoms. The van der Waals surface area contributed by atoms with Crippen molar-refractivity contribution in [2.24, 2.45) is 0 Å². The van der Waals surface area contributed by atoms with Crippen LogP contribution in [0.4, 0.5) is 0 Å². The molecule has 1 aromatic carbocycles. The number of ether oxygens (including phenoxy) is 2. The molecule has 0 radical (unpaired) electrons. The smallest absolute Gasteiger partial charge is 0.120 e. The average molecular weight is 204 g/mol. The maximum absolute atomic E-state index is 5.47. The number of nitrogens with zero attached hydrogens (tertiary/aromatic N) is 2. The van der Waals surface area contributed by atoms with E-state index in [0.29, 0.717) is 13.2 Å². The minimum absolute atomic E-state index is 0.551. The molecule has 0 saturated heterocycles. The summed E-state index contributed by atoms with van der Waals surface area (Å²) in [5.74, 6) is 0.814. The van der Waals surface area contributed by atoms with Gasteiger partial charge in [-0.05, 0) is 18.2 Å². The average Bonchev–Trinajstić information content (AvgIpc) is 2.29. The maximum Gasteiger partial charge on any atom is 0.120 e. The van der Waals surface area contributed by atoms with Gasteiger partial charge in [0.2, 0.25) is 0 Å². The number of hydrogen-bond acceptors (Lipinski definition) is 4. The molecule has 4 heteroatoms. The van der Waals surface area contributed by atoms with Gasteiger partial charge in [-0.25, -0.2) is 9.97 Å². The number of aromatic nitrogens is 2. The van der Waals surface area contributed by atoms with E-state index in [1.165, 1.54) is 6.33 Å². The van der Waals surface area contributed by atoms with Gasteiger partial charge in [0.25, 0.3) is 0 Å². The van der Waals surface area contributed by atoms with Crippen LogP contribution >= 0.6 is 0 Å². The molecular weight excluding hydrogens is 192 g/mol. The van der Waals surface area contributed by atoms with E-state index in [4.69, 9.17) is 9.47 Å². The molecular formula is C11H12N2O2. The van der Waals surface area contributed by atoms with E-state index in [2.05, 4.69) is 9.97 Å². The lowest BCUT2D eigenvalue weighted by molar-refractivity contribution is 0.146. The molecule has 0 aliphatic carbocycles. The molecule has 2 rings (SSSR count). The van der Waals surface area contributed by atoms with E-state index in [9.17, 15) is 0 Å². The molecule has 0 aliphatic rings. The van der Waals surface area contributed by atoms with Crippen LogP contribution in [0.2, 0.25) is 0 Å². The summed E-state index contributed by atoms with van der Waals surface area (Å²) < 4.78 is 10.4. The number of fused-ring (bicyclic) bond motifs is 1. The van der Waals surface area contributed by atoms with E-state index in [1.54, 1.807) is 13.3 Å². The van der Waals surface area contributed by atoms with Crippen molar-refractivity contribution in [1.82, 2.24) is 9.97 Å². The largest absolute Gasteiger partial charge is 0.491 e. The van der Waals surface area contributed by atoms with Crippen LogP contribution in [-0.4, -0.2) is 30.3 Å². The van der Waals surface area contributed by atoms with Gasteiger partial charge in [-0.3, -0.25) is 0 Å². The van der Waals surface area contributed by atoms with Gasteiger partial charge in [0.1, 0.15) is 18.7 Å². The second-order valence-electron chi connectivity index (χ2n) is 3.08. The lowest BCUT2D eigenvalue weighted by Gasteiger charge is -2.05. The Balaban J connectivity index is 2.16. The predicted octanol–water partition coefficient (Wildman–Crippen LogP) is 1.66. The van der Waals surface area contributed by atoms with Gasteiger partial charge in [-0.1, -0.05) is 0 Å². The second kappa shape index (κ2) is 4.70. The number of methoxy groups -OCH3 is 1. The summed E-state index contributed by atoms with van der Waals surface area (Å²) in [4.78, 5) is 8.09. The van der Waals surface area contributed by atoms with Crippen molar-refractivity contribution in [2.45, 2.75) is 0 Å². The number of hydrogen-bond donors (Lipinski definition) is 0. The highest BCUT2D eigenvalue weighted by molar-refractivity contribution is 5.78. The first-order valence-electron chi connectivity index (χ1n) is 4.71. The number of rotatable bonds is 4. The zero-order valence-corrected chi connectivity index (χ0v) is 8.51. The van der Waals surface area contributed by atoms with Crippen molar-refractivity contribution >= 4 is 10.9 Å². The van der Waals surface area contributed by atoms with Crippen molar-refractivity contribution in [3.8, 4) is 5.75 Å². The quantitative estimate of drug-likeness (QED) is 0.710. The summed E-state index contributed by atoms with van der Waals surface area (Å²) in [5, 5.41) is 0.979. The van der Waals surface area contributed by atoms with Gasteiger partial charge in [-0.2, -0.15) is 0 Å². The molecule has 0 amide bonds. The summed E-state index contributed by atoms with van der Waals surface area (Å²) in [5.41, 5.74) is 0.920. The van der Waals surface area contributed by atoms with Gasteiger partial charge < -0.3 is 9.47 Å². The summed E-state index contributed by atoms with van der Waals surface area (Å²) >= 11 is 0. The van der Waals surface area contributed by atoms with Crippen LogP contribution in [0.1, 0.15) is 0 Å². The molecule has 0 aliphatic heterocycles. The second-order valence-corrected chi connectivity index (χ2v) is 3.08. The van der Waals surface area contributed by atoms with E-state index in [0.717, 1.165) is 16.7 Å². The van der Waals surface area contributed by atoms with Gasteiger partial charge in [0.05, 0.1) is 12.1 Å². The van der Waals surface area contributed by atoms with Crippen LogP contribution in [-0.2, 0) is 4.74 Å².